The predicted molar refractivity (Wildman–Crippen MR) is 67.6 cm³/mol. The van der Waals surface area contributed by atoms with Crippen LogP contribution < -0.4 is 5.32 Å². The average molecular weight is 324 g/mol. The molecule has 1 rings (SSSR count). The van der Waals surface area contributed by atoms with E-state index in [4.69, 9.17) is 33.4 Å². The number of carbonyl (C=O) groups is 3. The lowest BCUT2D eigenvalue weighted by Gasteiger charge is -2.13. The van der Waals surface area contributed by atoms with E-state index in [1.165, 1.54) is 0 Å². The summed E-state index contributed by atoms with van der Waals surface area (Å²) in [7, 11) is 0. The quantitative estimate of drug-likeness (QED) is 0.717. The molecule has 0 saturated heterocycles. The van der Waals surface area contributed by atoms with E-state index in [1.807, 2.05) is 5.32 Å². The van der Waals surface area contributed by atoms with Crippen molar-refractivity contribution >= 4 is 41.0 Å². The van der Waals surface area contributed by atoms with Crippen LogP contribution in [0.5, 0.6) is 0 Å². The molecule has 20 heavy (non-hydrogen) atoms. The molecule has 0 saturated carbocycles. The molecule has 3 N–H and O–H groups in total. The van der Waals surface area contributed by atoms with E-state index in [0.29, 0.717) is 0 Å². The number of nitrogens with one attached hydrogen (secondary N) is 1. The van der Waals surface area contributed by atoms with E-state index in [2.05, 4.69) is 0 Å². The molecule has 0 aromatic heterocycles. The van der Waals surface area contributed by atoms with Crippen LogP contribution in [0.25, 0.3) is 0 Å². The Morgan fingerprint density at radius 1 is 1.20 bits per heavy atom. The zero-order chi connectivity index (χ0) is 15.4. The molecule has 0 bridgehead atoms. The molecule has 0 fully saturated rings. The monoisotopic (exact) mass is 323 g/mol. The third-order valence-electron chi connectivity index (χ3n) is 2.24. The summed E-state index contributed by atoms with van der Waals surface area (Å²) in [4.78, 5) is 33.0. The summed E-state index contributed by atoms with van der Waals surface area (Å²) in [6, 6.07) is 0.0646. The van der Waals surface area contributed by atoms with Crippen molar-refractivity contribution < 1.29 is 29.0 Å². The highest BCUT2D eigenvalue weighted by molar-refractivity contribution is 6.36. The minimum absolute atomic E-state index is 0.187. The van der Waals surface area contributed by atoms with Crippen molar-refractivity contribution in [2.45, 2.75) is 12.5 Å². The Labute approximate surface area is 122 Å². The molecular formula is C11H8Cl2FNO5. The fourth-order valence-electron chi connectivity index (χ4n) is 1.31. The van der Waals surface area contributed by atoms with Crippen molar-refractivity contribution in [1.82, 2.24) is 5.32 Å². The van der Waals surface area contributed by atoms with Gasteiger partial charge in [0.05, 0.1) is 22.0 Å². The Morgan fingerprint density at radius 2 is 1.80 bits per heavy atom. The molecule has 1 aromatic rings. The van der Waals surface area contributed by atoms with Crippen LogP contribution >= 0.6 is 23.2 Å². The Bertz CT molecular complexity index is 578. The number of benzene rings is 1. The number of hydrogen-bond donors (Lipinski definition) is 3. The van der Waals surface area contributed by atoms with Crippen molar-refractivity contribution in [3.63, 3.8) is 0 Å². The van der Waals surface area contributed by atoms with Gasteiger partial charge in [-0.1, -0.05) is 23.2 Å². The first kappa shape index (κ1) is 16.2. The van der Waals surface area contributed by atoms with E-state index >= 15 is 0 Å². The number of carboxylic acids is 2. The first-order valence-corrected chi connectivity index (χ1v) is 5.88. The van der Waals surface area contributed by atoms with Crippen LogP contribution in [0.1, 0.15) is 16.8 Å². The molecule has 1 aromatic carbocycles. The molecule has 0 heterocycles. The van der Waals surface area contributed by atoms with E-state index in [9.17, 15) is 18.8 Å². The maximum absolute atomic E-state index is 13.2. The van der Waals surface area contributed by atoms with Crippen LogP contribution in [0.3, 0.4) is 0 Å². The normalized spacial score (nSPS) is 11.8. The van der Waals surface area contributed by atoms with Crippen LogP contribution in [0.2, 0.25) is 10.0 Å². The highest BCUT2D eigenvalue weighted by Crippen LogP contribution is 2.24. The lowest BCUT2D eigenvalue weighted by molar-refractivity contribution is -0.145. The fourth-order valence-corrected chi connectivity index (χ4v) is 1.78. The Morgan fingerprint density at radius 3 is 2.30 bits per heavy atom. The Kier molecular flexibility index (Phi) is 5.29. The van der Waals surface area contributed by atoms with Crippen LogP contribution in [-0.2, 0) is 9.59 Å². The number of amides is 1. The predicted octanol–water partition coefficient (Wildman–Crippen LogP) is 1.79. The molecule has 6 nitrogen and oxygen atoms in total. The van der Waals surface area contributed by atoms with Gasteiger partial charge in [0.2, 0.25) is 0 Å². The van der Waals surface area contributed by atoms with Gasteiger partial charge in [0, 0.05) is 0 Å². The number of rotatable bonds is 5. The van der Waals surface area contributed by atoms with Gasteiger partial charge in [0.15, 0.2) is 0 Å². The van der Waals surface area contributed by atoms with Gasteiger partial charge >= 0.3 is 11.9 Å². The molecule has 9 heteroatoms. The molecule has 108 valence electrons. The average Bonchev–Trinajstić information content (AvgIpc) is 2.32. The standard InChI is InChI=1S/C11H8Cl2FNO5/c12-5-2-6(13)7(14)1-4(5)10(18)15-8(11(19)20)3-9(16)17/h1-2,8H,3H2,(H,15,18)(H,16,17)(H,19,20)/t8-/m1/s1. The summed E-state index contributed by atoms with van der Waals surface area (Å²) in [5, 5.41) is 18.8. The first-order chi connectivity index (χ1) is 9.22. The molecule has 0 aliphatic heterocycles. The van der Waals surface area contributed by atoms with Crippen molar-refractivity contribution in [2.75, 3.05) is 0 Å². The highest BCUT2D eigenvalue weighted by Gasteiger charge is 2.25. The highest BCUT2D eigenvalue weighted by atomic mass is 35.5. The van der Waals surface area contributed by atoms with Gasteiger partial charge in [-0.25, -0.2) is 9.18 Å². The summed E-state index contributed by atoms with van der Waals surface area (Å²) in [6.45, 7) is 0. The van der Waals surface area contributed by atoms with Crippen molar-refractivity contribution in [3.8, 4) is 0 Å². The van der Waals surface area contributed by atoms with Gasteiger partial charge < -0.3 is 15.5 Å². The molecule has 0 aliphatic rings. The number of aliphatic carboxylic acids is 2. The van der Waals surface area contributed by atoms with Crippen LogP contribution in [-0.4, -0.2) is 34.1 Å². The second-order valence-electron chi connectivity index (χ2n) is 3.71. The minimum atomic E-state index is -1.66. The van der Waals surface area contributed by atoms with Gasteiger partial charge in [-0.2, -0.15) is 0 Å². The van der Waals surface area contributed by atoms with Crippen LogP contribution in [0, 0.1) is 5.82 Å². The third kappa shape index (κ3) is 4.07. The van der Waals surface area contributed by atoms with Crippen molar-refractivity contribution in [2.24, 2.45) is 0 Å². The number of carboxylic acid groups (broad SMARTS) is 2. The molecular weight excluding hydrogens is 316 g/mol. The van der Waals surface area contributed by atoms with Gasteiger partial charge in [0.25, 0.3) is 5.91 Å². The minimum Gasteiger partial charge on any atom is -0.481 e. The van der Waals surface area contributed by atoms with Crippen LogP contribution in [0.15, 0.2) is 12.1 Å². The lowest BCUT2D eigenvalue weighted by Crippen LogP contribution is -2.42. The van der Waals surface area contributed by atoms with Gasteiger partial charge in [-0.15, -0.1) is 0 Å². The molecule has 0 aliphatic carbocycles. The molecule has 0 radical (unpaired) electrons. The zero-order valence-corrected chi connectivity index (χ0v) is 11.2. The first-order valence-electron chi connectivity index (χ1n) is 5.12. The van der Waals surface area contributed by atoms with Crippen molar-refractivity contribution in [1.29, 1.82) is 0 Å². The summed E-state index contributed by atoms with van der Waals surface area (Å²) >= 11 is 11.1. The largest absolute Gasteiger partial charge is 0.481 e. The van der Waals surface area contributed by atoms with Crippen LogP contribution in [0.4, 0.5) is 4.39 Å². The molecule has 1 amide bonds. The maximum Gasteiger partial charge on any atom is 0.326 e. The Hall–Kier alpha value is -1.86. The van der Waals surface area contributed by atoms with Gasteiger partial charge in [0.1, 0.15) is 11.9 Å². The summed E-state index contributed by atoms with van der Waals surface area (Å²) < 4.78 is 13.2. The van der Waals surface area contributed by atoms with E-state index in [1.54, 1.807) is 0 Å². The summed E-state index contributed by atoms with van der Waals surface area (Å²) in [6.07, 6.45) is -0.825. The summed E-state index contributed by atoms with van der Waals surface area (Å²) in [5.41, 5.74) is -0.342. The van der Waals surface area contributed by atoms with Gasteiger partial charge in [-0.3, -0.25) is 9.59 Å². The molecule has 0 unspecified atom stereocenters. The topological polar surface area (TPSA) is 104 Å². The van der Waals surface area contributed by atoms with E-state index in [0.717, 1.165) is 12.1 Å². The second-order valence-corrected chi connectivity index (χ2v) is 4.52. The number of halogens is 3. The Balaban J connectivity index is 2.97. The summed E-state index contributed by atoms with van der Waals surface area (Å²) in [5.74, 6) is -4.87. The second kappa shape index (κ2) is 6.53. The fraction of sp³-hybridized carbons (Fsp3) is 0.182. The van der Waals surface area contributed by atoms with Gasteiger partial charge in [-0.05, 0) is 12.1 Å². The third-order valence-corrected chi connectivity index (χ3v) is 2.84. The van der Waals surface area contributed by atoms with E-state index in [-0.39, 0.29) is 15.6 Å². The smallest absolute Gasteiger partial charge is 0.326 e. The SMILES string of the molecule is O=C(O)C[C@@H](NC(=O)c1cc(F)c(Cl)cc1Cl)C(=O)O. The zero-order valence-electron chi connectivity index (χ0n) is 9.69. The maximum atomic E-state index is 13.2. The van der Waals surface area contributed by atoms with Crippen molar-refractivity contribution in [3.05, 3.63) is 33.6 Å². The van der Waals surface area contributed by atoms with E-state index < -0.39 is 36.1 Å². The molecule has 0 spiro atoms. The number of carbonyl (C=O) groups excluding carboxylic acids is 1. The molecule has 1 atom stereocenters. The lowest BCUT2D eigenvalue weighted by atomic mass is 10.1. The number of hydrogen-bond acceptors (Lipinski definition) is 3.